The number of fused-ring (bicyclic) bond motifs is 1. The summed E-state index contributed by atoms with van der Waals surface area (Å²) in [5.41, 5.74) is 7.81. The van der Waals surface area contributed by atoms with Gasteiger partial charge in [0.25, 0.3) is 6.01 Å². The molecule has 2 aromatic rings. The highest BCUT2D eigenvalue weighted by atomic mass is 16.4. The summed E-state index contributed by atoms with van der Waals surface area (Å²) in [7, 11) is 0. The Kier molecular flexibility index (Phi) is 2.22. The Morgan fingerprint density at radius 2 is 2.29 bits per heavy atom. The molecule has 1 saturated carbocycles. The molecule has 4 N–H and O–H groups in total. The van der Waals surface area contributed by atoms with Crippen molar-refractivity contribution in [2.75, 3.05) is 24.2 Å². The van der Waals surface area contributed by atoms with Crippen molar-refractivity contribution in [3.8, 4) is 0 Å². The fourth-order valence-electron chi connectivity index (χ4n) is 1.88. The second kappa shape index (κ2) is 3.63. The monoisotopic (exact) mass is 233 g/mol. The van der Waals surface area contributed by atoms with Crippen LogP contribution in [0.25, 0.3) is 11.1 Å². The summed E-state index contributed by atoms with van der Waals surface area (Å²) in [6, 6.07) is 5.94. The van der Waals surface area contributed by atoms with Gasteiger partial charge in [0.1, 0.15) is 5.52 Å². The van der Waals surface area contributed by atoms with Gasteiger partial charge in [-0.05, 0) is 25.0 Å². The minimum absolute atomic E-state index is 0.0339. The summed E-state index contributed by atoms with van der Waals surface area (Å²) >= 11 is 0. The molecule has 0 spiro atoms. The Morgan fingerprint density at radius 3 is 2.94 bits per heavy atom. The number of aliphatic hydroxyl groups excluding tert-OH is 1. The van der Waals surface area contributed by atoms with Gasteiger partial charge in [-0.15, -0.1) is 0 Å². The molecule has 1 aromatic carbocycles. The largest absolute Gasteiger partial charge is 0.423 e. The van der Waals surface area contributed by atoms with Crippen LogP contribution in [0.3, 0.4) is 0 Å². The summed E-state index contributed by atoms with van der Waals surface area (Å²) in [4.78, 5) is 4.29. The molecule has 5 heteroatoms. The van der Waals surface area contributed by atoms with Gasteiger partial charge in [-0.3, -0.25) is 0 Å². The van der Waals surface area contributed by atoms with Crippen molar-refractivity contribution in [1.29, 1.82) is 0 Å². The Morgan fingerprint density at radius 1 is 1.47 bits per heavy atom. The highest BCUT2D eigenvalue weighted by molar-refractivity contribution is 5.86. The molecule has 0 bridgehead atoms. The SMILES string of the molecule is Nc1cccc2oc(NCC3(CO)CC3)nc12. The predicted molar refractivity (Wildman–Crippen MR) is 65.7 cm³/mol. The van der Waals surface area contributed by atoms with Crippen LogP contribution < -0.4 is 11.1 Å². The third kappa shape index (κ3) is 1.82. The summed E-state index contributed by atoms with van der Waals surface area (Å²) in [5.74, 6) is 0. The molecule has 0 saturated heterocycles. The van der Waals surface area contributed by atoms with Gasteiger partial charge in [-0.1, -0.05) is 6.07 Å². The number of nitrogen functional groups attached to an aromatic ring is 1. The Labute approximate surface area is 98.6 Å². The molecule has 0 aliphatic heterocycles. The predicted octanol–water partition coefficient (Wildman–Crippen LogP) is 1.59. The van der Waals surface area contributed by atoms with Gasteiger partial charge in [-0.25, -0.2) is 0 Å². The molecular formula is C12H15N3O2. The smallest absolute Gasteiger partial charge is 0.295 e. The van der Waals surface area contributed by atoms with Gasteiger partial charge >= 0.3 is 0 Å². The minimum atomic E-state index is 0.0339. The summed E-state index contributed by atoms with van der Waals surface area (Å²) in [6.45, 7) is 0.901. The molecule has 0 amide bonds. The lowest BCUT2D eigenvalue weighted by Crippen LogP contribution is -2.19. The fraction of sp³-hybridized carbons (Fsp3) is 0.417. The average Bonchev–Trinajstić information content (AvgIpc) is 3.00. The third-order valence-corrected chi connectivity index (χ3v) is 3.36. The van der Waals surface area contributed by atoms with Crippen LogP contribution in [0.15, 0.2) is 22.6 Å². The number of oxazole rings is 1. The summed E-state index contributed by atoms with van der Waals surface area (Å²) in [5, 5.41) is 12.3. The lowest BCUT2D eigenvalue weighted by Gasteiger charge is -2.10. The van der Waals surface area contributed by atoms with Crippen LogP contribution in [-0.4, -0.2) is 23.2 Å². The van der Waals surface area contributed by atoms with E-state index >= 15 is 0 Å². The first-order valence-corrected chi connectivity index (χ1v) is 5.72. The maximum absolute atomic E-state index is 9.21. The number of nitrogens with two attached hydrogens (primary N) is 1. The summed E-state index contributed by atoms with van der Waals surface area (Å²) in [6.07, 6.45) is 2.11. The van der Waals surface area contributed by atoms with Crippen LogP contribution in [0.1, 0.15) is 12.8 Å². The van der Waals surface area contributed by atoms with Gasteiger partial charge in [0.05, 0.1) is 12.3 Å². The lowest BCUT2D eigenvalue weighted by molar-refractivity contribution is 0.219. The number of benzene rings is 1. The van der Waals surface area contributed by atoms with E-state index in [0.717, 1.165) is 12.8 Å². The van der Waals surface area contributed by atoms with Crippen LogP contribution in [0.4, 0.5) is 11.7 Å². The molecule has 0 atom stereocenters. The van der Waals surface area contributed by atoms with Crippen LogP contribution >= 0.6 is 0 Å². The molecule has 1 aliphatic rings. The quantitative estimate of drug-likeness (QED) is 0.698. The molecule has 0 unspecified atom stereocenters. The number of nitrogens with zero attached hydrogens (tertiary/aromatic N) is 1. The second-order valence-corrected chi connectivity index (χ2v) is 4.72. The first-order valence-electron chi connectivity index (χ1n) is 5.72. The van der Waals surface area contributed by atoms with Crippen molar-refractivity contribution >= 4 is 22.8 Å². The zero-order chi connectivity index (χ0) is 11.9. The molecule has 0 radical (unpaired) electrons. The van der Waals surface area contributed by atoms with E-state index in [0.29, 0.717) is 29.3 Å². The fourth-order valence-corrected chi connectivity index (χ4v) is 1.88. The number of aliphatic hydroxyl groups is 1. The van der Waals surface area contributed by atoms with Crippen LogP contribution in [0.5, 0.6) is 0 Å². The van der Waals surface area contributed by atoms with Crippen molar-refractivity contribution < 1.29 is 9.52 Å². The van der Waals surface area contributed by atoms with E-state index in [9.17, 15) is 5.11 Å². The Hall–Kier alpha value is -1.75. The first-order chi connectivity index (χ1) is 8.22. The van der Waals surface area contributed by atoms with Crippen molar-refractivity contribution in [1.82, 2.24) is 4.98 Å². The maximum Gasteiger partial charge on any atom is 0.295 e. The Balaban J connectivity index is 1.79. The first kappa shape index (κ1) is 10.4. The number of hydrogen-bond donors (Lipinski definition) is 3. The van der Waals surface area contributed by atoms with E-state index in [4.69, 9.17) is 10.2 Å². The second-order valence-electron chi connectivity index (χ2n) is 4.72. The normalized spacial score (nSPS) is 17.2. The standard InChI is InChI=1S/C12H15N3O2/c13-8-2-1-3-9-10(8)15-11(17-9)14-6-12(7-16)4-5-12/h1-3,16H,4-7,13H2,(H,14,15). The van der Waals surface area contributed by atoms with E-state index in [1.165, 1.54) is 0 Å². The molecular weight excluding hydrogens is 218 g/mol. The topological polar surface area (TPSA) is 84.3 Å². The van der Waals surface area contributed by atoms with Crippen molar-refractivity contribution in [2.45, 2.75) is 12.8 Å². The third-order valence-electron chi connectivity index (χ3n) is 3.36. The van der Waals surface area contributed by atoms with E-state index in [2.05, 4.69) is 10.3 Å². The molecule has 1 heterocycles. The highest BCUT2D eigenvalue weighted by Crippen LogP contribution is 2.44. The van der Waals surface area contributed by atoms with E-state index in [1.54, 1.807) is 6.07 Å². The lowest BCUT2D eigenvalue weighted by atomic mass is 10.1. The zero-order valence-electron chi connectivity index (χ0n) is 9.44. The number of para-hydroxylation sites is 1. The molecule has 1 aliphatic carbocycles. The highest BCUT2D eigenvalue weighted by Gasteiger charge is 2.41. The van der Waals surface area contributed by atoms with Gasteiger partial charge in [0.2, 0.25) is 0 Å². The summed E-state index contributed by atoms with van der Waals surface area (Å²) < 4.78 is 5.53. The Bertz CT molecular complexity index is 546. The molecule has 17 heavy (non-hydrogen) atoms. The van der Waals surface area contributed by atoms with Crippen LogP contribution in [0, 0.1) is 5.41 Å². The van der Waals surface area contributed by atoms with Gasteiger partial charge < -0.3 is 20.6 Å². The van der Waals surface area contributed by atoms with Gasteiger partial charge in [0.15, 0.2) is 5.58 Å². The van der Waals surface area contributed by atoms with Gasteiger partial charge in [-0.2, -0.15) is 4.98 Å². The molecule has 5 nitrogen and oxygen atoms in total. The number of hydrogen-bond acceptors (Lipinski definition) is 5. The van der Waals surface area contributed by atoms with Crippen molar-refractivity contribution in [2.24, 2.45) is 5.41 Å². The van der Waals surface area contributed by atoms with Crippen LogP contribution in [-0.2, 0) is 0 Å². The zero-order valence-corrected chi connectivity index (χ0v) is 9.44. The number of nitrogens with one attached hydrogen (secondary N) is 1. The van der Waals surface area contributed by atoms with Crippen molar-refractivity contribution in [3.63, 3.8) is 0 Å². The average molecular weight is 233 g/mol. The van der Waals surface area contributed by atoms with Crippen molar-refractivity contribution in [3.05, 3.63) is 18.2 Å². The molecule has 3 rings (SSSR count). The molecule has 90 valence electrons. The van der Waals surface area contributed by atoms with Gasteiger partial charge in [0, 0.05) is 12.0 Å². The number of rotatable bonds is 4. The van der Waals surface area contributed by atoms with E-state index in [1.807, 2.05) is 12.1 Å². The molecule has 1 fully saturated rings. The number of aromatic nitrogens is 1. The maximum atomic E-state index is 9.21. The van der Waals surface area contributed by atoms with E-state index < -0.39 is 0 Å². The van der Waals surface area contributed by atoms with E-state index in [-0.39, 0.29) is 12.0 Å². The number of anilines is 2. The minimum Gasteiger partial charge on any atom is -0.423 e. The van der Waals surface area contributed by atoms with Crippen LogP contribution in [0.2, 0.25) is 0 Å². The molecule has 1 aromatic heterocycles.